The molecule has 1 saturated carbocycles. The number of amides is 1. The number of carbonyl (C=O) groups excluding carboxylic acids is 2. The number of hydrogen-bond acceptors (Lipinski definition) is 3. The minimum Gasteiger partial charge on any atom is -0.352 e. The lowest BCUT2D eigenvalue weighted by Gasteiger charge is -2.31. The van der Waals surface area contributed by atoms with Crippen LogP contribution >= 0.6 is 0 Å². The van der Waals surface area contributed by atoms with Crippen LogP contribution in [0.4, 0.5) is 0 Å². The second-order valence-corrected chi connectivity index (χ2v) is 6.31. The molecule has 0 aromatic carbocycles. The first-order valence-corrected chi connectivity index (χ1v) is 8.23. The van der Waals surface area contributed by atoms with Gasteiger partial charge in [-0.05, 0) is 19.3 Å². The molecule has 1 heterocycles. The van der Waals surface area contributed by atoms with Gasteiger partial charge in [0.25, 0.3) is 0 Å². The van der Waals surface area contributed by atoms with Crippen LogP contribution < -0.4 is 5.32 Å². The average Bonchev–Trinajstić information content (AvgIpc) is 2.69. The topological polar surface area (TPSA) is 49.4 Å². The molecule has 2 aliphatic rings. The van der Waals surface area contributed by atoms with Crippen LogP contribution in [0.15, 0.2) is 0 Å². The molecule has 1 N–H and O–H groups in total. The summed E-state index contributed by atoms with van der Waals surface area (Å²) in [5.41, 5.74) is 0. The predicted molar refractivity (Wildman–Crippen MR) is 79.5 cm³/mol. The van der Waals surface area contributed by atoms with Crippen LogP contribution in [0.3, 0.4) is 0 Å². The van der Waals surface area contributed by atoms with Crippen LogP contribution in [-0.2, 0) is 9.59 Å². The summed E-state index contributed by atoms with van der Waals surface area (Å²) >= 11 is 0. The van der Waals surface area contributed by atoms with E-state index in [4.69, 9.17) is 0 Å². The van der Waals surface area contributed by atoms with E-state index in [2.05, 4.69) is 17.1 Å². The Balaban J connectivity index is 1.74. The lowest BCUT2D eigenvalue weighted by molar-refractivity contribution is -0.130. The SMILES string of the molecule is CCC1CN(CC(=O)NC2CCCCCC2)CCC1=O. The molecule has 1 saturated heterocycles. The predicted octanol–water partition coefficient (Wildman–Crippen LogP) is 2.13. The van der Waals surface area contributed by atoms with Gasteiger partial charge in [-0.15, -0.1) is 0 Å². The van der Waals surface area contributed by atoms with Crippen molar-refractivity contribution in [3.63, 3.8) is 0 Å². The summed E-state index contributed by atoms with van der Waals surface area (Å²) in [5, 5.41) is 3.18. The highest BCUT2D eigenvalue weighted by molar-refractivity contribution is 5.83. The van der Waals surface area contributed by atoms with Gasteiger partial charge in [-0.25, -0.2) is 0 Å². The van der Waals surface area contributed by atoms with E-state index in [1.807, 2.05) is 0 Å². The third-order valence-electron chi connectivity index (χ3n) is 4.69. The van der Waals surface area contributed by atoms with Crippen molar-refractivity contribution in [3.8, 4) is 0 Å². The van der Waals surface area contributed by atoms with Gasteiger partial charge in [0.05, 0.1) is 6.54 Å². The number of likely N-dealkylation sites (tertiary alicyclic amines) is 1. The van der Waals surface area contributed by atoms with Crippen molar-refractivity contribution < 1.29 is 9.59 Å². The molecule has 0 radical (unpaired) electrons. The third-order valence-corrected chi connectivity index (χ3v) is 4.69. The molecule has 1 atom stereocenters. The van der Waals surface area contributed by atoms with E-state index < -0.39 is 0 Å². The maximum Gasteiger partial charge on any atom is 0.234 e. The molecule has 0 aromatic rings. The van der Waals surface area contributed by atoms with Gasteiger partial charge in [-0.3, -0.25) is 14.5 Å². The highest BCUT2D eigenvalue weighted by Crippen LogP contribution is 2.18. The van der Waals surface area contributed by atoms with Crippen molar-refractivity contribution in [1.82, 2.24) is 10.2 Å². The summed E-state index contributed by atoms with van der Waals surface area (Å²) in [6, 6.07) is 0.374. The standard InChI is InChI=1S/C16H28N2O2/c1-2-13-11-18(10-9-15(13)19)12-16(20)17-14-7-5-3-4-6-8-14/h13-14H,2-12H2,1H3,(H,17,20). The minimum atomic E-state index is 0.134. The number of Topliss-reactive ketones (excluding diaryl/α,β-unsaturated/α-hetero) is 1. The van der Waals surface area contributed by atoms with Crippen molar-refractivity contribution in [2.75, 3.05) is 19.6 Å². The van der Waals surface area contributed by atoms with Gasteiger partial charge in [0.15, 0.2) is 0 Å². The molecule has 0 bridgehead atoms. The Hall–Kier alpha value is -0.900. The molecule has 0 spiro atoms. The number of ketones is 1. The monoisotopic (exact) mass is 280 g/mol. The van der Waals surface area contributed by atoms with Crippen LogP contribution in [0, 0.1) is 5.92 Å². The zero-order valence-electron chi connectivity index (χ0n) is 12.7. The van der Waals surface area contributed by atoms with Crippen molar-refractivity contribution in [2.45, 2.75) is 64.3 Å². The smallest absolute Gasteiger partial charge is 0.234 e. The number of nitrogens with zero attached hydrogens (tertiary/aromatic N) is 1. The normalized spacial score (nSPS) is 26.2. The number of carbonyl (C=O) groups is 2. The maximum atomic E-state index is 12.1. The molecule has 4 heteroatoms. The van der Waals surface area contributed by atoms with E-state index >= 15 is 0 Å². The second-order valence-electron chi connectivity index (χ2n) is 6.31. The fraction of sp³-hybridized carbons (Fsp3) is 0.875. The zero-order valence-corrected chi connectivity index (χ0v) is 12.7. The van der Waals surface area contributed by atoms with Crippen molar-refractivity contribution in [1.29, 1.82) is 0 Å². The number of rotatable bonds is 4. The fourth-order valence-corrected chi connectivity index (χ4v) is 3.38. The molecule has 0 aromatic heterocycles. The summed E-state index contributed by atoms with van der Waals surface area (Å²) in [6.07, 6.45) is 8.83. The van der Waals surface area contributed by atoms with Crippen molar-refractivity contribution in [2.24, 2.45) is 5.92 Å². The molecule has 1 amide bonds. The Bertz CT molecular complexity index is 335. The highest BCUT2D eigenvalue weighted by Gasteiger charge is 2.27. The largest absolute Gasteiger partial charge is 0.352 e. The molecule has 2 rings (SSSR count). The Labute approximate surface area is 122 Å². The van der Waals surface area contributed by atoms with Gasteiger partial charge in [-0.1, -0.05) is 32.6 Å². The van der Waals surface area contributed by atoms with E-state index in [0.29, 0.717) is 24.8 Å². The van der Waals surface area contributed by atoms with Crippen molar-refractivity contribution in [3.05, 3.63) is 0 Å². The summed E-state index contributed by atoms with van der Waals surface area (Å²) in [7, 11) is 0. The fourth-order valence-electron chi connectivity index (χ4n) is 3.38. The number of nitrogens with one attached hydrogen (secondary N) is 1. The second kappa shape index (κ2) is 7.77. The molecular weight excluding hydrogens is 252 g/mol. The molecule has 1 aliphatic heterocycles. The number of piperidine rings is 1. The van der Waals surface area contributed by atoms with Crippen LogP contribution in [0.1, 0.15) is 58.3 Å². The Morgan fingerprint density at radius 2 is 1.95 bits per heavy atom. The molecule has 2 fully saturated rings. The van der Waals surface area contributed by atoms with E-state index in [9.17, 15) is 9.59 Å². The Morgan fingerprint density at radius 1 is 1.25 bits per heavy atom. The molecule has 20 heavy (non-hydrogen) atoms. The van der Waals surface area contributed by atoms with Crippen LogP contribution in [0.25, 0.3) is 0 Å². The lowest BCUT2D eigenvalue weighted by Crippen LogP contribution is -2.47. The van der Waals surface area contributed by atoms with E-state index in [1.165, 1.54) is 25.7 Å². The quantitative estimate of drug-likeness (QED) is 0.803. The maximum absolute atomic E-state index is 12.1. The van der Waals surface area contributed by atoms with Gasteiger partial charge in [-0.2, -0.15) is 0 Å². The molecule has 1 unspecified atom stereocenters. The first-order valence-electron chi connectivity index (χ1n) is 8.23. The molecule has 4 nitrogen and oxygen atoms in total. The molecular formula is C16H28N2O2. The van der Waals surface area contributed by atoms with Gasteiger partial charge in [0.1, 0.15) is 5.78 Å². The van der Waals surface area contributed by atoms with Crippen LogP contribution in [-0.4, -0.2) is 42.3 Å². The zero-order chi connectivity index (χ0) is 14.4. The van der Waals surface area contributed by atoms with Gasteiger partial charge in [0.2, 0.25) is 5.91 Å². The average molecular weight is 280 g/mol. The van der Waals surface area contributed by atoms with E-state index in [-0.39, 0.29) is 11.8 Å². The number of hydrogen-bond donors (Lipinski definition) is 1. The van der Waals surface area contributed by atoms with Crippen LogP contribution in [0.2, 0.25) is 0 Å². The van der Waals surface area contributed by atoms with Gasteiger partial charge in [0, 0.05) is 31.5 Å². The lowest BCUT2D eigenvalue weighted by atomic mass is 9.94. The van der Waals surface area contributed by atoms with Crippen molar-refractivity contribution >= 4 is 11.7 Å². The van der Waals surface area contributed by atoms with E-state index in [1.54, 1.807) is 0 Å². The highest BCUT2D eigenvalue weighted by atomic mass is 16.2. The van der Waals surface area contributed by atoms with Gasteiger partial charge >= 0.3 is 0 Å². The first-order chi connectivity index (χ1) is 9.69. The third kappa shape index (κ3) is 4.58. The van der Waals surface area contributed by atoms with E-state index in [0.717, 1.165) is 32.4 Å². The molecule has 1 aliphatic carbocycles. The summed E-state index contributed by atoms with van der Waals surface area (Å²) < 4.78 is 0. The Morgan fingerprint density at radius 3 is 2.60 bits per heavy atom. The van der Waals surface area contributed by atoms with Crippen LogP contribution in [0.5, 0.6) is 0 Å². The summed E-state index contributed by atoms with van der Waals surface area (Å²) in [5.74, 6) is 0.642. The summed E-state index contributed by atoms with van der Waals surface area (Å²) in [6.45, 7) is 4.01. The summed E-state index contributed by atoms with van der Waals surface area (Å²) in [4.78, 5) is 26.0. The minimum absolute atomic E-state index is 0.134. The first kappa shape index (κ1) is 15.5. The molecule has 114 valence electrons. The van der Waals surface area contributed by atoms with Gasteiger partial charge < -0.3 is 5.32 Å². The Kier molecular flexibility index (Phi) is 6.02.